The normalized spacial score (nSPS) is 12.5. The summed E-state index contributed by atoms with van der Waals surface area (Å²) in [5.41, 5.74) is 5.71. The molecule has 0 aromatic carbocycles. The number of nitrogens with two attached hydrogens (primary N) is 1. The number of carbonyl (C=O) groups excluding carboxylic acids is 1. The third kappa shape index (κ3) is 6.08. The number of rotatable bonds is 9. The molecule has 0 aliphatic carbocycles. The fourth-order valence-electron chi connectivity index (χ4n) is 1.59. The summed E-state index contributed by atoms with van der Waals surface area (Å²) in [6.07, 6.45) is 5.15. The Morgan fingerprint density at radius 3 is 2.44 bits per heavy atom. The zero-order valence-electron chi connectivity index (χ0n) is 10.6. The summed E-state index contributed by atoms with van der Waals surface area (Å²) in [5.74, 6) is -0.0342. The van der Waals surface area contributed by atoms with Gasteiger partial charge in [-0.3, -0.25) is 4.79 Å². The third-order valence-electron chi connectivity index (χ3n) is 2.72. The summed E-state index contributed by atoms with van der Waals surface area (Å²) in [6, 6.07) is -0.419. The van der Waals surface area contributed by atoms with Gasteiger partial charge in [0.15, 0.2) is 0 Å². The lowest BCUT2D eigenvalue weighted by Crippen LogP contribution is -2.45. The van der Waals surface area contributed by atoms with Crippen LogP contribution in [0.3, 0.4) is 0 Å². The van der Waals surface area contributed by atoms with Crippen molar-refractivity contribution < 1.29 is 9.90 Å². The molecule has 96 valence electrons. The molecule has 0 saturated carbocycles. The Kier molecular flexibility index (Phi) is 9.24. The van der Waals surface area contributed by atoms with Gasteiger partial charge in [-0.05, 0) is 12.8 Å². The van der Waals surface area contributed by atoms with Crippen molar-refractivity contribution in [2.45, 2.75) is 52.0 Å². The zero-order chi connectivity index (χ0) is 12.4. The average Bonchev–Trinajstić information content (AvgIpc) is 2.31. The first-order valence-electron chi connectivity index (χ1n) is 6.32. The van der Waals surface area contributed by atoms with E-state index in [0.29, 0.717) is 19.5 Å². The van der Waals surface area contributed by atoms with Crippen LogP contribution >= 0.6 is 0 Å². The highest BCUT2D eigenvalue weighted by molar-refractivity contribution is 5.81. The number of hydrogen-bond acceptors (Lipinski definition) is 3. The molecule has 0 saturated heterocycles. The quantitative estimate of drug-likeness (QED) is 0.583. The third-order valence-corrected chi connectivity index (χ3v) is 2.72. The zero-order valence-corrected chi connectivity index (χ0v) is 10.6. The van der Waals surface area contributed by atoms with E-state index in [1.807, 2.05) is 6.92 Å². The molecule has 1 amide bonds. The monoisotopic (exact) mass is 230 g/mol. The first-order chi connectivity index (χ1) is 7.67. The molecule has 0 rings (SSSR count). The van der Waals surface area contributed by atoms with Gasteiger partial charge in [-0.2, -0.15) is 0 Å². The Balaban J connectivity index is 4.00. The smallest absolute Gasteiger partial charge is 0.239 e. The minimum absolute atomic E-state index is 0.00987. The molecule has 0 spiro atoms. The Morgan fingerprint density at radius 1 is 1.25 bits per heavy atom. The van der Waals surface area contributed by atoms with Crippen LogP contribution in [0.5, 0.6) is 0 Å². The number of nitrogens with zero attached hydrogens (tertiary/aromatic N) is 1. The molecule has 0 fully saturated rings. The highest BCUT2D eigenvalue weighted by atomic mass is 16.3. The number of unbranched alkanes of at least 4 members (excludes halogenated alkanes) is 3. The molecule has 1 atom stereocenters. The molecule has 0 unspecified atom stereocenters. The van der Waals surface area contributed by atoms with E-state index in [2.05, 4.69) is 6.92 Å². The van der Waals surface area contributed by atoms with Crippen molar-refractivity contribution >= 4 is 5.91 Å². The molecule has 4 nitrogen and oxygen atoms in total. The second-order valence-corrected chi connectivity index (χ2v) is 4.12. The maximum Gasteiger partial charge on any atom is 0.239 e. The van der Waals surface area contributed by atoms with Crippen LogP contribution in [-0.4, -0.2) is 41.7 Å². The van der Waals surface area contributed by atoms with Gasteiger partial charge in [-0.1, -0.05) is 33.1 Å². The van der Waals surface area contributed by atoms with Crippen LogP contribution in [0.4, 0.5) is 0 Å². The van der Waals surface area contributed by atoms with Crippen molar-refractivity contribution in [3.8, 4) is 0 Å². The second kappa shape index (κ2) is 9.60. The van der Waals surface area contributed by atoms with Gasteiger partial charge >= 0.3 is 0 Å². The summed E-state index contributed by atoms with van der Waals surface area (Å²) < 4.78 is 0. The predicted molar refractivity (Wildman–Crippen MR) is 66.1 cm³/mol. The van der Waals surface area contributed by atoms with Gasteiger partial charge in [0.1, 0.15) is 0 Å². The maximum atomic E-state index is 11.8. The fourth-order valence-corrected chi connectivity index (χ4v) is 1.59. The van der Waals surface area contributed by atoms with E-state index in [1.165, 1.54) is 12.8 Å². The Hall–Kier alpha value is -0.610. The van der Waals surface area contributed by atoms with E-state index >= 15 is 0 Å². The standard InChI is InChI=1S/C12H26N2O2/c1-3-5-6-7-8-14(9-10-15)12(16)11(13)4-2/h11,15H,3-10,13H2,1-2H3/t11-/m0/s1. The van der Waals surface area contributed by atoms with Crippen LogP contribution in [0.2, 0.25) is 0 Å². The van der Waals surface area contributed by atoms with E-state index in [4.69, 9.17) is 10.8 Å². The Morgan fingerprint density at radius 2 is 1.94 bits per heavy atom. The van der Waals surface area contributed by atoms with Crippen molar-refractivity contribution in [2.24, 2.45) is 5.73 Å². The van der Waals surface area contributed by atoms with E-state index in [-0.39, 0.29) is 12.5 Å². The predicted octanol–water partition coefficient (Wildman–Crippen LogP) is 1.12. The first kappa shape index (κ1) is 15.4. The van der Waals surface area contributed by atoms with Gasteiger partial charge in [0.2, 0.25) is 5.91 Å². The van der Waals surface area contributed by atoms with E-state index in [9.17, 15) is 4.79 Å². The highest BCUT2D eigenvalue weighted by Gasteiger charge is 2.18. The first-order valence-corrected chi connectivity index (χ1v) is 6.32. The molecule has 0 aliphatic rings. The maximum absolute atomic E-state index is 11.8. The van der Waals surface area contributed by atoms with Crippen molar-refractivity contribution in [2.75, 3.05) is 19.7 Å². The molecule has 0 aliphatic heterocycles. The summed E-state index contributed by atoms with van der Waals surface area (Å²) in [5, 5.41) is 8.91. The highest BCUT2D eigenvalue weighted by Crippen LogP contribution is 2.03. The molecule has 16 heavy (non-hydrogen) atoms. The minimum atomic E-state index is -0.419. The number of aliphatic hydroxyl groups excluding tert-OH is 1. The lowest BCUT2D eigenvalue weighted by Gasteiger charge is -2.24. The van der Waals surface area contributed by atoms with Gasteiger partial charge in [-0.25, -0.2) is 0 Å². The minimum Gasteiger partial charge on any atom is -0.395 e. The lowest BCUT2D eigenvalue weighted by atomic mass is 10.1. The van der Waals surface area contributed by atoms with Crippen molar-refractivity contribution in [3.63, 3.8) is 0 Å². The number of aliphatic hydroxyl groups is 1. The van der Waals surface area contributed by atoms with Crippen molar-refractivity contribution in [1.29, 1.82) is 0 Å². The SMILES string of the molecule is CCCCCCN(CCO)C(=O)[C@@H](N)CC. The van der Waals surface area contributed by atoms with Gasteiger partial charge < -0.3 is 15.7 Å². The topological polar surface area (TPSA) is 66.6 Å². The van der Waals surface area contributed by atoms with Crippen LogP contribution < -0.4 is 5.73 Å². The molecule has 3 N–H and O–H groups in total. The van der Waals surface area contributed by atoms with E-state index < -0.39 is 6.04 Å². The van der Waals surface area contributed by atoms with Gasteiger partial charge in [0.05, 0.1) is 12.6 Å². The van der Waals surface area contributed by atoms with Crippen molar-refractivity contribution in [1.82, 2.24) is 4.90 Å². The lowest BCUT2D eigenvalue weighted by molar-refractivity contribution is -0.133. The van der Waals surface area contributed by atoms with Gasteiger partial charge in [0, 0.05) is 13.1 Å². The molecular weight excluding hydrogens is 204 g/mol. The summed E-state index contributed by atoms with van der Waals surface area (Å²) in [7, 11) is 0. The fraction of sp³-hybridized carbons (Fsp3) is 0.917. The number of hydrogen-bond donors (Lipinski definition) is 2. The van der Waals surface area contributed by atoms with Crippen LogP contribution in [-0.2, 0) is 4.79 Å². The van der Waals surface area contributed by atoms with Crippen LogP contribution in [0.1, 0.15) is 46.0 Å². The number of carbonyl (C=O) groups is 1. The average molecular weight is 230 g/mol. The Bertz CT molecular complexity index is 186. The van der Waals surface area contributed by atoms with Gasteiger partial charge in [-0.15, -0.1) is 0 Å². The molecule has 0 heterocycles. The van der Waals surface area contributed by atoms with Crippen LogP contribution in [0.15, 0.2) is 0 Å². The van der Waals surface area contributed by atoms with Crippen LogP contribution in [0.25, 0.3) is 0 Å². The summed E-state index contributed by atoms with van der Waals surface area (Å²) in [6.45, 7) is 5.18. The van der Waals surface area contributed by atoms with Gasteiger partial charge in [0.25, 0.3) is 0 Å². The molecule has 0 bridgehead atoms. The van der Waals surface area contributed by atoms with Crippen molar-refractivity contribution in [3.05, 3.63) is 0 Å². The van der Waals surface area contributed by atoms with Crippen LogP contribution in [0, 0.1) is 0 Å². The molecule has 0 aromatic heterocycles. The summed E-state index contributed by atoms with van der Waals surface area (Å²) in [4.78, 5) is 13.5. The molecule has 0 radical (unpaired) electrons. The second-order valence-electron chi connectivity index (χ2n) is 4.12. The molecule has 0 aromatic rings. The Labute approximate surface area is 98.8 Å². The largest absolute Gasteiger partial charge is 0.395 e. The van der Waals surface area contributed by atoms with E-state index in [1.54, 1.807) is 4.90 Å². The molecule has 4 heteroatoms. The van der Waals surface area contributed by atoms with E-state index in [0.717, 1.165) is 12.8 Å². The number of amides is 1. The molecular formula is C12H26N2O2. The summed E-state index contributed by atoms with van der Waals surface area (Å²) >= 11 is 0.